The predicted molar refractivity (Wildman–Crippen MR) is 80.6 cm³/mol. The lowest BCUT2D eigenvalue weighted by atomic mass is 10.1. The van der Waals surface area contributed by atoms with Crippen LogP contribution in [-0.4, -0.2) is 25.4 Å². The maximum atomic E-state index is 5.90. The van der Waals surface area contributed by atoms with Crippen molar-refractivity contribution in [1.29, 1.82) is 0 Å². The first-order chi connectivity index (χ1) is 9.15. The summed E-state index contributed by atoms with van der Waals surface area (Å²) in [5.41, 5.74) is 7.04. The van der Waals surface area contributed by atoms with Gasteiger partial charge in [0, 0.05) is 23.5 Å². The molecule has 106 valence electrons. The van der Waals surface area contributed by atoms with Crippen molar-refractivity contribution < 1.29 is 9.47 Å². The Morgan fingerprint density at radius 3 is 3.05 bits per heavy atom. The highest BCUT2D eigenvalue weighted by atomic mass is 79.9. The maximum absolute atomic E-state index is 5.90. The second-order valence-corrected chi connectivity index (χ2v) is 6.12. The Morgan fingerprint density at radius 2 is 2.37 bits per heavy atom. The fraction of sp³-hybridized carbons (Fsp3) is 0.600. The molecule has 0 aromatic heterocycles. The molecule has 0 amide bonds. The lowest BCUT2D eigenvalue weighted by molar-refractivity contribution is 0.0902. The van der Waals surface area contributed by atoms with Crippen molar-refractivity contribution in [3.05, 3.63) is 28.2 Å². The summed E-state index contributed by atoms with van der Waals surface area (Å²) >= 11 is 3.49. The number of hydrogen-bond acceptors (Lipinski definition) is 3. The van der Waals surface area contributed by atoms with E-state index in [1.165, 1.54) is 6.42 Å². The first-order valence-corrected chi connectivity index (χ1v) is 7.73. The zero-order chi connectivity index (χ0) is 13.7. The van der Waals surface area contributed by atoms with E-state index in [1.807, 2.05) is 19.1 Å². The van der Waals surface area contributed by atoms with Crippen LogP contribution in [0, 0.1) is 0 Å². The molecule has 1 aliphatic heterocycles. The van der Waals surface area contributed by atoms with Gasteiger partial charge in [-0.25, -0.2) is 0 Å². The molecule has 1 heterocycles. The van der Waals surface area contributed by atoms with E-state index in [-0.39, 0.29) is 6.04 Å². The molecule has 0 radical (unpaired) electrons. The van der Waals surface area contributed by atoms with Crippen LogP contribution in [0.4, 0.5) is 0 Å². The SMILES string of the molecule is CC(N)Cc1cc(Br)ccc1OCCC1CCCO1. The lowest BCUT2D eigenvalue weighted by Gasteiger charge is -2.15. The second-order valence-electron chi connectivity index (χ2n) is 5.21. The van der Waals surface area contributed by atoms with E-state index in [2.05, 4.69) is 22.0 Å². The van der Waals surface area contributed by atoms with Crippen molar-refractivity contribution in [2.75, 3.05) is 13.2 Å². The average molecular weight is 328 g/mol. The average Bonchev–Trinajstić information content (AvgIpc) is 2.84. The Kier molecular flexibility index (Phi) is 5.67. The van der Waals surface area contributed by atoms with Crippen LogP contribution in [-0.2, 0) is 11.2 Å². The van der Waals surface area contributed by atoms with Gasteiger partial charge in [0.1, 0.15) is 5.75 Å². The van der Waals surface area contributed by atoms with E-state index in [1.54, 1.807) is 0 Å². The Balaban J connectivity index is 1.90. The van der Waals surface area contributed by atoms with Crippen molar-refractivity contribution in [3.63, 3.8) is 0 Å². The molecule has 4 heteroatoms. The molecule has 3 nitrogen and oxygen atoms in total. The highest BCUT2D eigenvalue weighted by Gasteiger charge is 2.15. The molecular formula is C15H22BrNO2. The Hall–Kier alpha value is -0.580. The monoisotopic (exact) mass is 327 g/mol. The topological polar surface area (TPSA) is 44.5 Å². The number of benzene rings is 1. The van der Waals surface area contributed by atoms with Crippen molar-refractivity contribution in [3.8, 4) is 5.75 Å². The third-order valence-corrected chi connectivity index (χ3v) is 3.78. The zero-order valence-electron chi connectivity index (χ0n) is 11.4. The number of ether oxygens (including phenoxy) is 2. The molecule has 1 aromatic rings. The Morgan fingerprint density at radius 1 is 1.53 bits per heavy atom. The van der Waals surface area contributed by atoms with Crippen LogP contribution in [0.25, 0.3) is 0 Å². The summed E-state index contributed by atoms with van der Waals surface area (Å²) in [7, 11) is 0. The standard InChI is InChI=1S/C15H22BrNO2/c1-11(17)9-12-10-13(16)4-5-15(12)19-8-6-14-3-2-7-18-14/h4-5,10-11,14H,2-3,6-9,17H2,1H3. The van der Waals surface area contributed by atoms with E-state index >= 15 is 0 Å². The van der Waals surface area contributed by atoms with Crippen molar-refractivity contribution >= 4 is 15.9 Å². The largest absolute Gasteiger partial charge is 0.493 e. The third kappa shape index (κ3) is 4.79. The summed E-state index contributed by atoms with van der Waals surface area (Å²) in [5.74, 6) is 0.943. The highest BCUT2D eigenvalue weighted by Crippen LogP contribution is 2.25. The molecule has 1 saturated heterocycles. The quantitative estimate of drug-likeness (QED) is 0.871. The minimum Gasteiger partial charge on any atom is -0.493 e. The van der Waals surface area contributed by atoms with Crippen LogP contribution in [0.15, 0.2) is 22.7 Å². The smallest absolute Gasteiger partial charge is 0.122 e. The molecule has 0 bridgehead atoms. The van der Waals surface area contributed by atoms with E-state index in [0.717, 1.165) is 41.7 Å². The Bertz CT molecular complexity index is 403. The van der Waals surface area contributed by atoms with Crippen LogP contribution < -0.4 is 10.5 Å². The molecule has 1 aromatic carbocycles. The van der Waals surface area contributed by atoms with Crippen LogP contribution >= 0.6 is 15.9 Å². The van der Waals surface area contributed by atoms with Crippen molar-refractivity contribution in [1.82, 2.24) is 0 Å². The molecule has 2 atom stereocenters. The van der Waals surface area contributed by atoms with Crippen LogP contribution in [0.5, 0.6) is 5.75 Å². The van der Waals surface area contributed by atoms with Gasteiger partial charge in [-0.3, -0.25) is 0 Å². The van der Waals surface area contributed by atoms with Gasteiger partial charge in [0.15, 0.2) is 0 Å². The first-order valence-electron chi connectivity index (χ1n) is 6.93. The number of nitrogens with two attached hydrogens (primary N) is 1. The molecule has 1 aliphatic rings. The van der Waals surface area contributed by atoms with Gasteiger partial charge in [0.05, 0.1) is 12.7 Å². The molecule has 2 rings (SSSR count). The van der Waals surface area contributed by atoms with Crippen LogP contribution in [0.1, 0.15) is 31.7 Å². The molecule has 0 spiro atoms. The van der Waals surface area contributed by atoms with Crippen LogP contribution in [0.2, 0.25) is 0 Å². The molecule has 0 aliphatic carbocycles. The summed E-state index contributed by atoms with van der Waals surface area (Å²) in [6.45, 7) is 3.62. The fourth-order valence-electron chi connectivity index (χ4n) is 2.37. The van der Waals surface area contributed by atoms with Gasteiger partial charge in [-0.1, -0.05) is 15.9 Å². The predicted octanol–water partition coefficient (Wildman–Crippen LogP) is 3.29. The molecule has 2 unspecified atom stereocenters. The molecule has 0 saturated carbocycles. The normalized spacial score (nSPS) is 20.5. The van der Waals surface area contributed by atoms with Gasteiger partial charge in [-0.05, 0) is 49.9 Å². The van der Waals surface area contributed by atoms with E-state index in [0.29, 0.717) is 12.7 Å². The van der Waals surface area contributed by atoms with Crippen LogP contribution in [0.3, 0.4) is 0 Å². The Labute approximate surface area is 123 Å². The van der Waals surface area contributed by atoms with Gasteiger partial charge in [-0.2, -0.15) is 0 Å². The van der Waals surface area contributed by atoms with Gasteiger partial charge in [0.25, 0.3) is 0 Å². The summed E-state index contributed by atoms with van der Waals surface area (Å²) in [5, 5.41) is 0. The van der Waals surface area contributed by atoms with E-state index in [9.17, 15) is 0 Å². The number of hydrogen-bond donors (Lipinski definition) is 1. The first kappa shape index (κ1) is 14.8. The maximum Gasteiger partial charge on any atom is 0.122 e. The summed E-state index contributed by atoms with van der Waals surface area (Å²) in [6, 6.07) is 6.24. The van der Waals surface area contributed by atoms with Crippen molar-refractivity contribution in [2.24, 2.45) is 5.73 Å². The van der Waals surface area contributed by atoms with Crippen molar-refractivity contribution in [2.45, 2.75) is 44.8 Å². The summed E-state index contributed by atoms with van der Waals surface area (Å²) in [4.78, 5) is 0. The van der Waals surface area contributed by atoms with Gasteiger partial charge < -0.3 is 15.2 Å². The minimum absolute atomic E-state index is 0.134. The van der Waals surface area contributed by atoms with E-state index in [4.69, 9.17) is 15.2 Å². The zero-order valence-corrected chi connectivity index (χ0v) is 13.0. The minimum atomic E-state index is 0.134. The number of rotatable bonds is 6. The molecular weight excluding hydrogens is 306 g/mol. The van der Waals surface area contributed by atoms with E-state index < -0.39 is 0 Å². The van der Waals surface area contributed by atoms with Gasteiger partial charge in [-0.15, -0.1) is 0 Å². The number of halogens is 1. The fourth-order valence-corrected chi connectivity index (χ4v) is 2.78. The lowest BCUT2D eigenvalue weighted by Crippen LogP contribution is -2.18. The van der Waals surface area contributed by atoms with Gasteiger partial charge >= 0.3 is 0 Å². The molecule has 19 heavy (non-hydrogen) atoms. The summed E-state index contributed by atoms with van der Waals surface area (Å²) < 4.78 is 12.6. The highest BCUT2D eigenvalue weighted by molar-refractivity contribution is 9.10. The summed E-state index contributed by atoms with van der Waals surface area (Å²) in [6.07, 6.45) is 4.52. The third-order valence-electron chi connectivity index (χ3n) is 3.29. The molecule has 2 N–H and O–H groups in total. The second kappa shape index (κ2) is 7.27. The van der Waals surface area contributed by atoms with Gasteiger partial charge in [0.2, 0.25) is 0 Å². The molecule has 1 fully saturated rings.